The molecule has 144 valence electrons. The SMILES string of the molecule is C=C(C)C(=O)OCCCCOP(=O)(O)OCCCCOC(=O)C(=C)C. The highest BCUT2D eigenvalue weighted by Crippen LogP contribution is 2.43. The topological polar surface area (TPSA) is 108 Å². The lowest BCUT2D eigenvalue weighted by Crippen LogP contribution is -2.07. The molecule has 0 spiro atoms. The van der Waals surface area contributed by atoms with Crippen LogP contribution in [-0.2, 0) is 32.7 Å². The van der Waals surface area contributed by atoms with E-state index >= 15 is 0 Å². The Morgan fingerprint density at radius 3 is 1.44 bits per heavy atom. The van der Waals surface area contributed by atoms with Crippen LogP contribution in [-0.4, -0.2) is 43.3 Å². The molecule has 0 unspecified atom stereocenters. The molecular formula is C16H27O8P. The maximum absolute atomic E-state index is 11.6. The van der Waals surface area contributed by atoms with Gasteiger partial charge in [-0.25, -0.2) is 14.2 Å². The molecule has 0 fully saturated rings. The van der Waals surface area contributed by atoms with Gasteiger partial charge < -0.3 is 14.4 Å². The summed E-state index contributed by atoms with van der Waals surface area (Å²) in [5.74, 6) is -0.933. The summed E-state index contributed by atoms with van der Waals surface area (Å²) in [6.45, 7) is 10.4. The summed E-state index contributed by atoms with van der Waals surface area (Å²) in [5.41, 5.74) is 0.637. The maximum Gasteiger partial charge on any atom is 0.472 e. The first-order chi connectivity index (χ1) is 11.7. The van der Waals surface area contributed by atoms with Gasteiger partial charge in [-0.2, -0.15) is 0 Å². The van der Waals surface area contributed by atoms with E-state index in [2.05, 4.69) is 13.2 Å². The lowest BCUT2D eigenvalue weighted by molar-refractivity contribution is -0.139. The highest BCUT2D eigenvalue weighted by Gasteiger charge is 2.20. The summed E-state index contributed by atoms with van der Waals surface area (Å²) in [7, 11) is -4.10. The molecule has 0 radical (unpaired) electrons. The molecule has 0 aliphatic rings. The number of ether oxygens (including phenoxy) is 2. The molecule has 0 amide bonds. The predicted molar refractivity (Wildman–Crippen MR) is 91.7 cm³/mol. The largest absolute Gasteiger partial charge is 0.472 e. The van der Waals surface area contributed by atoms with Gasteiger partial charge in [-0.3, -0.25) is 9.05 Å². The van der Waals surface area contributed by atoms with Crippen molar-refractivity contribution in [3.05, 3.63) is 24.3 Å². The minimum Gasteiger partial charge on any atom is -0.462 e. The van der Waals surface area contributed by atoms with Crippen LogP contribution in [0.2, 0.25) is 0 Å². The van der Waals surface area contributed by atoms with E-state index in [-0.39, 0.29) is 26.4 Å². The standard InChI is InChI=1S/C16H27O8P/c1-13(2)15(17)21-9-5-7-11-23-25(19,20)24-12-8-6-10-22-16(18)14(3)4/h1,3,5-12H2,2,4H3,(H,19,20). The zero-order valence-electron chi connectivity index (χ0n) is 14.8. The quantitative estimate of drug-likeness (QED) is 0.213. The van der Waals surface area contributed by atoms with Gasteiger partial charge in [0, 0.05) is 11.1 Å². The summed E-state index contributed by atoms with van der Waals surface area (Å²) >= 11 is 0. The number of hydrogen-bond donors (Lipinski definition) is 1. The number of esters is 2. The molecule has 1 N–H and O–H groups in total. The van der Waals surface area contributed by atoms with Crippen LogP contribution in [0.25, 0.3) is 0 Å². The monoisotopic (exact) mass is 378 g/mol. The average molecular weight is 378 g/mol. The second kappa shape index (κ2) is 12.8. The van der Waals surface area contributed by atoms with Gasteiger partial charge in [0.15, 0.2) is 0 Å². The number of unbranched alkanes of at least 4 members (excludes halogenated alkanes) is 2. The van der Waals surface area contributed by atoms with Gasteiger partial charge in [0.05, 0.1) is 26.4 Å². The Balaban J connectivity index is 3.63. The molecule has 9 heteroatoms. The number of carbonyl (C=O) groups excluding carboxylic acids is 2. The fourth-order valence-electron chi connectivity index (χ4n) is 1.38. The highest BCUT2D eigenvalue weighted by atomic mass is 31.2. The van der Waals surface area contributed by atoms with E-state index in [0.717, 1.165) is 0 Å². The summed E-state index contributed by atoms with van der Waals surface area (Å²) in [4.78, 5) is 31.7. The molecule has 0 heterocycles. The lowest BCUT2D eigenvalue weighted by atomic mass is 10.3. The molecule has 0 aliphatic heterocycles. The molecule has 0 aromatic rings. The second-order valence-corrected chi connectivity index (χ2v) is 6.84. The molecular weight excluding hydrogens is 351 g/mol. The zero-order chi connectivity index (χ0) is 19.3. The molecule has 8 nitrogen and oxygen atoms in total. The van der Waals surface area contributed by atoms with Gasteiger partial charge in [-0.1, -0.05) is 13.2 Å². The normalized spacial score (nSPS) is 11.0. The number of phosphoric ester groups is 1. The lowest BCUT2D eigenvalue weighted by Gasteiger charge is -2.12. The number of rotatable bonds is 14. The van der Waals surface area contributed by atoms with Gasteiger partial charge in [-0.05, 0) is 39.5 Å². The number of phosphoric acid groups is 1. The smallest absolute Gasteiger partial charge is 0.462 e. The maximum atomic E-state index is 11.6. The molecule has 0 atom stereocenters. The zero-order valence-corrected chi connectivity index (χ0v) is 15.7. The average Bonchev–Trinajstić information content (AvgIpc) is 2.53. The van der Waals surface area contributed by atoms with Gasteiger partial charge in [0.25, 0.3) is 0 Å². The minimum atomic E-state index is -4.10. The van der Waals surface area contributed by atoms with Crippen molar-refractivity contribution >= 4 is 19.8 Å². The van der Waals surface area contributed by atoms with Crippen LogP contribution >= 0.6 is 7.82 Å². The molecule has 0 aromatic carbocycles. The van der Waals surface area contributed by atoms with E-state index in [1.165, 1.54) is 0 Å². The summed E-state index contributed by atoms with van der Waals surface area (Å²) in [5, 5.41) is 0. The van der Waals surface area contributed by atoms with Crippen molar-refractivity contribution in [1.82, 2.24) is 0 Å². The van der Waals surface area contributed by atoms with E-state index in [1.807, 2.05) is 0 Å². The Bertz CT molecular complexity index is 472. The first-order valence-corrected chi connectivity index (χ1v) is 9.42. The van der Waals surface area contributed by atoms with Gasteiger partial charge in [0.1, 0.15) is 0 Å². The van der Waals surface area contributed by atoms with Crippen molar-refractivity contribution in [2.45, 2.75) is 39.5 Å². The molecule has 25 heavy (non-hydrogen) atoms. The molecule has 0 rings (SSSR count). The van der Waals surface area contributed by atoms with Gasteiger partial charge in [0.2, 0.25) is 0 Å². The number of hydrogen-bond acceptors (Lipinski definition) is 7. The third-order valence-electron chi connectivity index (χ3n) is 2.75. The number of carbonyl (C=O) groups is 2. The van der Waals surface area contributed by atoms with Crippen LogP contribution in [0.15, 0.2) is 24.3 Å². The molecule has 0 aromatic heterocycles. The molecule has 0 saturated heterocycles. The molecule has 0 bridgehead atoms. The van der Waals surface area contributed by atoms with E-state index in [0.29, 0.717) is 36.8 Å². The first-order valence-electron chi connectivity index (χ1n) is 7.93. The molecule has 0 saturated carbocycles. The Kier molecular flexibility index (Phi) is 12.1. The van der Waals surface area contributed by atoms with Crippen molar-refractivity contribution in [3.8, 4) is 0 Å². The first kappa shape index (κ1) is 23.5. The Labute approximate surface area is 148 Å². The predicted octanol–water partition coefficient (Wildman–Crippen LogP) is 2.92. The molecule has 0 aliphatic carbocycles. The van der Waals surface area contributed by atoms with Crippen molar-refractivity contribution in [3.63, 3.8) is 0 Å². The summed E-state index contributed by atoms with van der Waals surface area (Å²) in [6.07, 6.45) is 1.86. The van der Waals surface area contributed by atoms with E-state index in [4.69, 9.17) is 18.5 Å². The highest BCUT2D eigenvalue weighted by molar-refractivity contribution is 7.47. The third kappa shape index (κ3) is 13.5. The Hall–Kier alpha value is -1.47. The van der Waals surface area contributed by atoms with Gasteiger partial charge >= 0.3 is 19.8 Å². The van der Waals surface area contributed by atoms with Crippen molar-refractivity contribution in [1.29, 1.82) is 0 Å². The van der Waals surface area contributed by atoms with Crippen molar-refractivity contribution in [2.75, 3.05) is 26.4 Å². The van der Waals surface area contributed by atoms with Crippen LogP contribution in [0.1, 0.15) is 39.5 Å². The fraction of sp³-hybridized carbons (Fsp3) is 0.625. The van der Waals surface area contributed by atoms with Crippen LogP contribution in [0.3, 0.4) is 0 Å². The Morgan fingerprint density at radius 1 is 0.800 bits per heavy atom. The minimum absolute atomic E-state index is 0.00856. The Morgan fingerprint density at radius 2 is 1.12 bits per heavy atom. The van der Waals surface area contributed by atoms with E-state index in [1.54, 1.807) is 13.8 Å². The third-order valence-corrected chi connectivity index (χ3v) is 3.77. The van der Waals surface area contributed by atoms with Crippen LogP contribution in [0.4, 0.5) is 0 Å². The summed E-state index contributed by atoms with van der Waals surface area (Å²) < 4.78 is 30.9. The van der Waals surface area contributed by atoms with Crippen LogP contribution < -0.4 is 0 Å². The second-order valence-electron chi connectivity index (χ2n) is 5.38. The van der Waals surface area contributed by atoms with E-state index in [9.17, 15) is 19.0 Å². The van der Waals surface area contributed by atoms with E-state index < -0.39 is 19.8 Å². The van der Waals surface area contributed by atoms with Crippen LogP contribution in [0, 0.1) is 0 Å². The van der Waals surface area contributed by atoms with Crippen molar-refractivity contribution < 1.29 is 37.6 Å². The van der Waals surface area contributed by atoms with Gasteiger partial charge in [-0.15, -0.1) is 0 Å². The summed E-state index contributed by atoms with van der Waals surface area (Å²) in [6, 6.07) is 0. The van der Waals surface area contributed by atoms with Crippen molar-refractivity contribution in [2.24, 2.45) is 0 Å². The fourth-order valence-corrected chi connectivity index (χ4v) is 2.18. The van der Waals surface area contributed by atoms with Crippen LogP contribution in [0.5, 0.6) is 0 Å².